The average Bonchev–Trinajstić information content (AvgIpc) is 2.36. The highest BCUT2D eigenvalue weighted by molar-refractivity contribution is 6.37. The number of rotatable bonds is 2. The first-order valence-corrected chi connectivity index (χ1v) is 6.82. The van der Waals surface area contributed by atoms with E-state index < -0.39 is 11.7 Å². The van der Waals surface area contributed by atoms with Gasteiger partial charge in [-0.25, -0.2) is 0 Å². The van der Waals surface area contributed by atoms with Crippen LogP contribution < -0.4 is 4.74 Å². The number of ether oxygens (including phenoxy) is 1. The van der Waals surface area contributed by atoms with Gasteiger partial charge in [-0.2, -0.15) is 13.2 Å². The van der Waals surface area contributed by atoms with E-state index in [9.17, 15) is 13.2 Å². The lowest BCUT2D eigenvalue weighted by molar-refractivity contribution is -0.137. The Hall–Kier alpha value is -1.10. The van der Waals surface area contributed by atoms with Crippen LogP contribution >= 0.6 is 34.8 Å². The van der Waals surface area contributed by atoms with Gasteiger partial charge in [0.15, 0.2) is 5.75 Å². The van der Waals surface area contributed by atoms with Crippen molar-refractivity contribution in [2.24, 2.45) is 0 Å². The van der Waals surface area contributed by atoms with Gasteiger partial charge in [-0.3, -0.25) is 0 Å². The SMILES string of the molecule is Cc1cc(Oc2c(Cl)cc(C(F)(F)F)cc2Cl)ccc1Cl. The summed E-state index contributed by atoms with van der Waals surface area (Å²) in [4.78, 5) is 0. The zero-order chi connectivity index (χ0) is 15.8. The second-order valence-corrected chi connectivity index (χ2v) is 5.50. The number of aryl methyl sites for hydroxylation is 1. The van der Waals surface area contributed by atoms with Gasteiger partial charge in [0, 0.05) is 5.02 Å². The van der Waals surface area contributed by atoms with E-state index in [0.717, 1.165) is 17.7 Å². The van der Waals surface area contributed by atoms with Crippen molar-refractivity contribution in [2.75, 3.05) is 0 Å². The van der Waals surface area contributed by atoms with Crippen molar-refractivity contribution in [1.29, 1.82) is 0 Å². The maximum Gasteiger partial charge on any atom is 0.416 e. The standard InChI is InChI=1S/C14H8Cl3F3O/c1-7-4-9(2-3-10(7)15)21-13-11(16)5-8(6-12(13)17)14(18,19)20/h2-6H,1H3. The molecule has 0 aliphatic carbocycles. The lowest BCUT2D eigenvalue weighted by Crippen LogP contribution is -2.05. The summed E-state index contributed by atoms with van der Waals surface area (Å²) in [7, 11) is 0. The van der Waals surface area contributed by atoms with E-state index in [2.05, 4.69) is 0 Å². The van der Waals surface area contributed by atoms with Gasteiger partial charge in [-0.05, 0) is 42.8 Å². The fraction of sp³-hybridized carbons (Fsp3) is 0.143. The molecular formula is C14H8Cl3F3O. The predicted molar refractivity (Wildman–Crippen MR) is 77.7 cm³/mol. The van der Waals surface area contributed by atoms with Gasteiger partial charge in [0.05, 0.1) is 15.6 Å². The Morgan fingerprint density at radius 2 is 1.48 bits per heavy atom. The molecule has 0 fully saturated rings. The first kappa shape index (κ1) is 16.3. The molecule has 21 heavy (non-hydrogen) atoms. The summed E-state index contributed by atoms with van der Waals surface area (Å²) in [6.07, 6.45) is -4.53. The van der Waals surface area contributed by atoms with Crippen molar-refractivity contribution < 1.29 is 17.9 Å². The molecule has 1 nitrogen and oxygen atoms in total. The Morgan fingerprint density at radius 3 is 1.95 bits per heavy atom. The molecule has 112 valence electrons. The fourth-order valence-electron chi connectivity index (χ4n) is 1.62. The molecule has 0 spiro atoms. The number of halogens is 6. The number of hydrogen-bond acceptors (Lipinski definition) is 1. The van der Waals surface area contributed by atoms with E-state index in [1.54, 1.807) is 25.1 Å². The Bertz CT molecular complexity index is 661. The van der Waals surface area contributed by atoms with E-state index in [1.807, 2.05) is 0 Å². The quantitative estimate of drug-likeness (QED) is 0.578. The fourth-order valence-corrected chi connectivity index (χ4v) is 2.30. The van der Waals surface area contributed by atoms with Crippen molar-refractivity contribution in [1.82, 2.24) is 0 Å². The average molecular weight is 356 g/mol. The van der Waals surface area contributed by atoms with Crippen LogP contribution in [-0.2, 0) is 6.18 Å². The highest BCUT2D eigenvalue weighted by atomic mass is 35.5. The molecule has 0 amide bonds. The topological polar surface area (TPSA) is 9.23 Å². The third-order valence-corrected chi connectivity index (χ3v) is 3.66. The molecular weight excluding hydrogens is 348 g/mol. The van der Waals surface area contributed by atoms with Crippen LogP contribution in [-0.4, -0.2) is 0 Å². The number of alkyl halides is 3. The van der Waals surface area contributed by atoms with Crippen molar-refractivity contribution in [2.45, 2.75) is 13.1 Å². The monoisotopic (exact) mass is 354 g/mol. The zero-order valence-corrected chi connectivity index (χ0v) is 12.8. The maximum atomic E-state index is 12.6. The minimum absolute atomic E-state index is 0.0342. The van der Waals surface area contributed by atoms with Crippen molar-refractivity contribution in [3.8, 4) is 11.5 Å². The molecule has 0 aliphatic rings. The van der Waals surface area contributed by atoms with Crippen LogP contribution in [0.3, 0.4) is 0 Å². The van der Waals surface area contributed by atoms with Crippen molar-refractivity contribution >= 4 is 34.8 Å². The van der Waals surface area contributed by atoms with Gasteiger partial charge in [-0.1, -0.05) is 34.8 Å². The molecule has 2 aromatic rings. The summed E-state index contributed by atoms with van der Waals surface area (Å²) in [5.74, 6) is 0.341. The van der Waals surface area contributed by atoms with Gasteiger partial charge in [0.2, 0.25) is 0 Å². The second-order valence-electron chi connectivity index (χ2n) is 4.28. The van der Waals surface area contributed by atoms with Gasteiger partial charge in [0.1, 0.15) is 5.75 Å². The number of hydrogen-bond donors (Lipinski definition) is 0. The first-order valence-electron chi connectivity index (χ1n) is 5.68. The van der Waals surface area contributed by atoms with E-state index in [-0.39, 0.29) is 15.8 Å². The van der Waals surface area contributed by atoms with E-state index in [0.29, 0.717) is 10.8 Å². The summed E-state index contributed by atoms with van der Waals surface area (Å²) >= 11 is 17.5. The van der Waals surface area contributed by atoms with Crippen LogP contribution in [0.2, 0.25) is 15.1 Å². The van der Waals surface area contributed by atoms with Crippen LogP contribution in [0.25, 0.3) is 0 Å². The molecule has 0 radical (unpaired) electrons. The molecule has 0 saturated carbocycles. The van der Waals surface area contributed by atoms with E-state index in [1.165, 1.54) is 0 Å². The highest BCUT2D eigenvalue weighted by Crippen LogP contribution is 2.41. The summed E-state index contributed by atoms with van der Waals surface area (Å²) in [6, 6.07) is 6.35. The van der Waals surface area contributed by atoms with Crippen LogP contribution in [0, 0.1) is 6.92 Å². The Balaban J connectivity index is 2.39. The predicted octanol–water partition coefficient (Wildman–Crippen LogP) is 6.77. The molecule has 0 bridgehead atoms. The van der Waals surface area contributed by atoms with Gasteiger partial charge in [0.25, 0.3) is 0 Å². The Labute approximate surface area is 134 Å². The molecule has 0 unspecified atom stereocenters. The molecule has 7 heteroatoms. The Kier molecular flexibility index (Phi) is 4.61. The van der Waals surface area contributed by atoms with E-state index >= 15 is 0 Å². The van der Waals surface area contributed by atoms with Crippen LogP contribution in [0.5, 0.6) is 11.5 Å². The molecule has 2 rings (SSSR count). The first-order chi connectivity index (χ1) is 9.68. The maximum absolute atomic E-state index is 12.6. The smallest absolute Gasteiger partial charge is 0.416 e. The van der Waals surface area contributed by atoms with Crippen molar-refractivity contribution in [3.05, 3.63) is 56.5 Å². The molecule has 0 atom stereocenters. The summed E-state index contributed by atoms with van der Waals surface area (Å²) in [5, 5.41) is 0.108. The van der Waals surface area contributed by atoms with Gasteiger partial charge in [-0.15, -0.1) is 0 Å². The minimum atomic E-state index is -4.53. The number of benzene rings is 2. The largest absolute Gasteiger partial charge is 0.454 e. The van der Waals surface area contributed by atoms with Gasteiger partial charge >= 0.3 is 6.18 Å². The lowest BCUT2D eigenvalue weighted by Gasteiger charge is -2.13. The third kappa shape index (κ3) is 3.76. The third-order valence-electron chi connectivity index (χ3n) is 2.67. The lowest BCUT2D eigenvalue weighted by atomic mass is 10.2. The van der Waals surface area contributed by atoms with Crippen LogP contribution in [0.15, 0.2) is 30.3 Å². The summed E-state index contributed by atoms with van der Waals surface area (Å²) in [5.41, 5.74) is -0.176. The van der Waals surface area contributed by atoms with Gasteiger partial charge < -0.3 is 4.74 Å². The van der Waals surface area contributed by atoms with Crippen molar-refractivity contribution in [3.63, 3.8) is 0 Å². The summed E-state index contributed by atoms with van der Waals surface area (Å²) in [6.45, 7) is 1.77. The second kappa shape index (κ2) is 5.95. The van der Waals surface area contributed by atoms with E-state index in [4.69, 9.17) is 39.5 Å². The Morgan fingerprint density at radius 1 is 0.905 bits per heavy atom. The van der Waals surface area contributed by atoms with Crippen LogP contribution in [0.4, 0.5) is 13.2 Å². The highest BCUT2D eigenvalue weighted by Gasteiger charge is 2.32. The molecule has 0 aromatic heterocycles. The minimum Gasteiger partial charge on any atom is -0.454 e. The zero-order valence-electron chi connectivity index (χ0n) is 10.6. The molecule has 0 heterocycles. The summed E-state index contributed by atoms with van der Waals surface area (Å²) < 4.78 is 43.3. The molecule has 0 aliphatic heterocycles. The molecule has 2 aromatic carbocycles. The molecule has 0 N–H and O–H groups in total. The molecule has 0 saturated heterocycles. The normalized spacial score (nSPS) is 11.6. The van der Waals surface area contributed by atoms with Crippen LogP contribution in [0.1, 0.15) is 11.1 Å².